The van der Waals surface area contributed by atoms with Crippen LogP contribution in [0, 0.1) is 0 Å². The van der Waals surface area contributed by atoms with E-state index in [2.05, 4.69) is 24.8 Å². The molecule has 0 atom stereocenters. The summed E-state index contributed by atoms with van der Waals surface area (Å²) < 4.78 is 82.1. The minimum absolute atomic E-state index is 0.0793. The average molecular weight is 592 g/mol. The first kappa shape index (κ1) is 29.1. The van der Waals surface area contributed by atoms with E-state index in [1.807, 2.05) is 24.3 Å². The summed E-state index contributed by atoms with van der Waals surface area (Å²) >= 11 is 0. The van der Waals surface area contributed by atoms with E-state index in [9.17, 15) is 31.1 Å². The number of hydrogen-bond donors (Lipinski definition) is 1. The van der Waals surface area contributed by atoms with Gasteiger partial charge in [-0.1, -0.05) is 19.1 Å². The summed E-state index contributed by atoms with van der Waals surface area (Å²) in [6.07, 6.45) is -8.01. The number of halogens is 6. The Hall–Kier alpha value is -4.42. The standard InChI is InChI=1S/C29H27F6N5O2/c1-2-24-26(40-18-20(28(30,31)32)5-12-25(40)37-24)27(41)36-17-19-3-6-21(7-4-19)38-13-15-39(16-14-38)22-8-10-23(11-9-22)42-29(33,34)35/h3-12,18H,2,13-17H2,1H3,(H,36,41). The second kappa shape index (κ2) is 11.5. The number of piperazine rings is 1. The highest BCUT2D eigenvalue weighted by Gasteiger charge is 2.32. The third-order valence-corrected chi connectivity index (χ3v) is 7.04. The van der Waals surface area contributed by atoms with Gasteiger partial charge in [0.1, 0.15) is 17.1 Å². The van der Waals surface area contributed by atoms with Crippen molar-refractivity contribution in [2.24, 2.45) is 0 Å². The Morgan fingerprint density at radius 3 is 1.95 bits per heavy atom. The second-order valence-electron chi connectivity index (χ2n) is 9.77. The van der Waals surface area contributed by atoms with E-state index in [4.69, 9.17) is 0 Å². The molecule has 222 valence electrons. The molecule has 1 fully saturated rings. The van der Waals surface area contributed by atoms with E-state index in [0.717, 1.165) is 29.2 Å². The maximum atomic E-state index is 13.3. The Kier molecular flexibility index (Phi) is 7.93. The molecule has 1 aliphatic heterocycles. The molecule has 42 heavy (non-hydrogen) atoms. The zero-order valence-corrected chi connectivity index (χ0v) is 22.5. The first-order valence-corrected chi connectivity index (χ1v) is 13.2. The molecule has 0 radical (unpaired) electrons. The molecule has 1 amide bonds. The summed E-state index contributed by atoms with van der Waals surface area (Å²) in [4.78, 5) is 21.6. The average Bonchev–Trinajstić information content (AvgIpc) is 3.34. The lowest BCUT2D eigenvalue weighted by Crippen LogP contribution is -2.46. The summed E-state index contributed by atoms with van der Waals surface area (Å²) in [5.41, 5.74) is 2.49. The maximum Gasteiger partial charge on any atom is 0.573 e. The lowest BCUT2D eigenvalue weighted by molar-refractivity contribution is -0.274. The van der Waals surface area contributed by atoms with Gasteiger partial charge in [0.25, 0.3) is 5.91 Å². The minimum atomic E-state index is -4.73. The van der Waals surface area contributed by atoms with Crippen LogP contribution in [-0.2, 0) is 19.1 Å². The van der Waals surface area contributed by atoms with Crippen molar-refractivity contribution in [3.8, 4) is 5.75 Å². The van der Waals surface area contributed by atoms with Crippen LogP contribution in [0.25, 0.3) is 5.65 Å². The van der Waals surface area contributed by atoms with Crippen LogP contribution in [0.5, 0.6) is 5.75 Å². The van der Waals surface area contributed by atoms with Crippen LogP contribution in [0.1, 0.15) is 34.2 Å². The van der Waals surface area contributed by atoms with Crippen LogP contribution in [0.2, 0.25) is 0 Å². The Morgan fingerprint density at radius 2 is 1.43 bits per heavy atom. The second-order valence-corrected chi connectivity index (χ2v) is 9.77. The molecule has 0 saturated carbocycles. The van der Waals surface area contributed by atoms with Gasteiger partial charge >= 0.3 is 12.5 Å². The number of carbonyl (C=O) groups excluding carboxylic acids is 1. The fraction of sp³-hybridized carbons (Fsp3) is 0.310. The number of carbonyl (C=O) groups is 1. The van der Waals surface area contributed by atoms with E-state index < -0.39 is 24.0 Å². The zero-order valence-electron chi connectivity index (χ0n) is 22.5. The fourth-order valence-electron chi connectivity index (χ4n) is 4.92. The van der Waals surface area contributed by atoms with Gasteiger partial charge in [0.2, 0.25) is 0 Å². The summed E-state index contributed by atoms with van der Waals surface area (Å²) in [6, 6.07) is 15.6. The topological polar surface area (TPSA) is 62.1 Å². The molecular formula is C29H27F6N5O2. The number of benzene rings is 2. The number of nitrogens with zero attached hydrogens (tertiary/aromatic N) is 4. The van der Waals surface area contributed by atoms with Gasteiger partial charge in [0, 0.05) is 50.3 Å². The molecule has 2 aromatic carbocycles. The Bertz CT molecular complexity index is 1540. The Balaban J connectivity index is 1.18. The first-order valence-electron chi connectivity index (χ1n) is 13.2. The minimum Gasteiger partial charge on any atom is -0.406 e. The predicted molar refractivity (Wildman–Crippen MR) is 145 cm³/mol. The number of ether oxygens (including phenoxy) is 1. The SMILES string of the molecule is CCc1nc2ccc(C(F)(F)F)cn2c1C(=O)NCc1ccc(N2CCN(c3ccc(OC(F)(F)F)cc3)CC2)cc1. The summed E-state index contributed by atoms with van der Waals surface area (Å²) in [7, 11) is 0. The number of anilines is 2. The van der Waals surface area contributed by atoms with Crippen LogP contribution in [-0.4, -0.2) is 47.8 Å². The highest BCUT2D eigenvalue weighted by atomic mass is 19.4. The molecular weight excluding hydrogens is 564 g/mol. The lowest BCUT2D eigenvalue weighted by atomic mass is 10.1. The summed E-state index contributed by atoms with van der Waals surface area (Å²) in [5.74, 6) is -0.780. The lowest BCUT2D eigenvalue weighted by Gasteiger charge is -2.37. The Labute approximate surface area is 237 Å². The maximum absolute atomic E-state index is 13.3. The highest BCUT2D eigenvalue weighted by Crippen LogP contribution is 2.30. The quantitative estimate of drug-likeness (QED) is 0.265. The number of rotatable bonds is 7. The van der Waals surface area contributed by atoms with Crippen molar-refractivity contribution in [2.75, 3.05) is 36.0 Å². The van der Waals surface area contributed by atoms with Gasteiger partial charge < -0.3 is 19.9 Å². The number of aryl methyl sites for hydroxylation is 1. The largest absolute Gasteiger partial charge is 0.573 e. The van der Waals surface area contributed by atoms with Crippen LogP contribution < -0.4 is 19.9 Å². The third-order valence-electron chi connectivity index (χ3n) is 7.04. The van der Waals surface area contributed by atoms with Gasteiger partial charge in [-0.15, -0.1) is 13.2 Å². The monoisotopic (exact) mass is 591 g/mol. The third kappa shape index (κ3) is 6.55. The molecule has 7 nitrogen and oxygen atoms in total. The van der Waals surface area contributed by atoms with Crippen LogP contribution in [0.15, 0.2) is 66.9 Å². The molecule has 3 heterocycles. The molecule has 2 aromatic heterocycles. The van der Waals surface area contributed by atoms with Gasteiger partial charge in [-0.05, 0) is 60.5 Å². The summed E-state index contributed by atoms with van der Waals surface area (Å²) in [6.45, 7) is 4.70. The van der Waals surface area contributed by atoms with Gasteiger partial charge in [-0.2, -0.15) is 13.2 Å². The smallest absolute Gasteiger partial charge is 0.406 e. The molecule has 0 bridgehead atoms. The van der Waals surface area contributed by atoms with Crippen molar-refractivity contribution in [3.05, 3.63) is 89.4 Å². The highest BCUT2D eigenvalue weighted by molar-refractivity contribution is 5.94. The number of fused-ring (bicyclic) bond motifs is 1. The van der Waals surface area contributed by atoms with Gasteiger partial charge in [0.05, 0.1) is 11.3 Å². The van der Waals surface area contributed by atoms with Crippen molar-refractivity contribution < 1.29 is 35.9 Å². The molecule has 1 N–H and O–H groups in total. The van der Waals surface area contributed by atoms with Crippen molar-refractivity contribution in [1.82, 2.24) is 14.7 Å². The van der Waals surface area contributed by atoms with Gasteiger partial charge in [-0.25, -0.2) is 4.98 Å². The molecule has 0 spiro atoms. The van der Waals surface area contributed by atoms with Crippen LogP contribution in [0.4, 0.5) is 37.7 Å². The first-order chi connectivity index (χ1) is 19.9. The van der Waals surface area contributed by atoms with Crippen molar-refractivity contribution in [1.29, 1.82) is 0 Å². The zero-order chi connectivity index (χ0) is 30.1. The van der Waals surface area contributed by atoms with Gasteiger partial charge in [0.15, 0.2) is 0 Å². The van der Waals surface area contributed by atoms with Crippen molar-refractivity contribution in [3.63, 3.8) is 0 Å². The van der Waals surface area contributed by atoms with E-state index >= 15 is 0 Å². The number of aromatic nitrogens is 2. The molecule has 5 rings (SSSR count). The molecule has 0 unspecified atom stereocenters. The molecule has 4 aromatic rings. The number of hydrogen-bond acceptors (Lipinski definition) is 5. The van der Waals surface area contributed by atoms with Crippen molar-refractivity contribution in [2.45, 2.75) is 32.4 Å². The van der Waals surface area contributed by atoms with Crippen LogP contribution >= 0.6 is 0 Å². The fourth-order valence-corrected chi connectivity index (χ4v) is 4.92. The number of alkyl halides is 6. The van der Waals surface area contributed by atoms with E-state index in [-0.39, 0.29) is 23.6 Å². The normalized spacial score (nSPS) is 14.4. The predicted octanol–water partition coefficient (Wildman–Crippen LogP) is 6.07. The number of amides is 1. The molecule has 0 aliphatic carbocycles. The van der Waals surface area contributed by atoms with Crippen LogP contribution in [0.3, 0.4) is 0 Å². The molecule has 13 heteroatoms. The number of nitrogens with one attached hydrogen (secondary N) is 1. The molecule has 1 aliphatic rings. The van der Waals surface area contributed by atoms with E-state index in [1.165, 1.54) is 22.6 Å². The number of pyridine rings is 1. The Morgan fingerprint density at radius 1 is 0.857 bits per heavy atom. The van der Waals surface area contributed by atoms with Crippen molar-refractivity contribution >= 4 is 22.9 Å². The van der Waals surface area contributed by atoms with E-state index in [0.29, 0.717) is 38.3 Å². The summed E-state index contributed by atoms with van der Waals surface area (Å²) in [5, 5.41) is 2.79. The van der Waals surface area contributed by atoms with Gasteiger partial charge in [-0.3, -0.25) is 9.20 Å². The van der Waals surface area contributed by atoms with E-state index in [1.54, 1.807) is 19.1 Å². The molecule has 1 saturated heterocycles. The number of imidazole rings is 1.